The van der Waals surface area contributed by atoms with Crippen LogP contribution in [0, 0.1) is 5.82 Å². The van der Waals surface area contributed by atoms with Crippen molar-refractivity contribution in [3.63, 3.8) is 0 Å². The Kier molecular flexibility index (Phi) is 4.52. The van der Waals surface area contributed by atoms with Crippen LogP contribution >= 0.6 is 15.9 Å². The first kappa shape index (κ1) is 18.0. The number of carbonyl (C=O) groups excluding carboxylic acids is 2. The van der Waals surface area contributed by atoms with Gasteiger partial charge in [0.15, 0.2) is 0 Å². The van der Waals surface area contributed by atoms with E-state index in [4.69, 9.17) is 0 Å². The summed E-state index contributed by atoms with van der Waals surface area (Å²) < 4.78 is 50.9. The summed E-state index contributed by atoms with van der Waals surface area (Å²) in [7, 11) is 0. The second-order valence-electron chi connectivity index (χ2n) is 5.19. The van der Waals surface area contributed by atoms with Gasteiger partial charge in [-0.1, -0.05) is 6.07 Å². The molecule has 0 saturated carbocycles. The molecule has 1 aliphatic heterocycles. The van der Waals surface area contributed by atoms with Crippen LogP contribution in [0.4, 0.5) is 23.4 Å². The number of aromatic amines is 1. The smallest absolute Gasteiger partial charge is 0.303 e. The highest BCUT2D eigenvalue weighted by Gasteiger charge is 2.40. The van der Waals surface area contributed by atoms with E-state index in [2.05, 4.69) is 36.7 Å². The standard InChI is InChI=1S/C14H8BrF4N5O2/c15-7-3-5(1-2-8(7)16)9-10(22-24-12(9)25)6-4-20-23-11(6)21-13(26)14(17,18)19/h1-4,9H,(H,24,25)(H2,20,21,23,26). The number of benzene rings is 1. The molecule has 26 heavy (non-hydrogen) atoms. The maximum Gasteiger partial charge on any atom is 0.471 e. The van der Waals surface area contributed by atoms with E-state index in [1.54, 1.807) is 5.32 Å². The van der Waals surface area contributed by atoms with Crippen LogP contribution in [0.25, 0.3) is 0 Å². The fourth-order valence-corrected chi connectivity index (χ4v) is 2.74. The van der Waals surface area contributed by atoms with Crippen LogP contribution in [0.5, 0.6) is 0 Å². The Labute approximate surface area is 151 Å². The lowest BCUT2D eigenvalue weighted by Crippen LogP contribution is -2.31. The Morgan fingerprint density at radius 1 is 1.31 bits per heavy atom. The number of aromatic nitrogens is 2. The molecule has 3 rings (SSSR count). The summed E-state index contributed by atoms with van der Waals surface area (Å²) in [6.45, 7) is 0. The number of alkyl halides is 3. The molecular weight excluding hydrogens is 426 g/mol. The van der Waals surface area contributed by atoms with E-state index in [1.807, 2.05) is 0 Å². The minimum atomic E-state index is -5.10. The number of rotatable bonds is 3. The average molecular weight is 434 g/mol. The quantitative estimate of drug-likeness (QED) is 0.648. The van der Waals surface area contributed by atoms with Gasteiger partial charge in [-0.15, -0.1) is 0 Å². The fourth-order valence-electron chi connectivity index (χ4n) is 2.35. The van der Waals surface area contributed by atoms with Crippen LogP contribution < -0.4 is 10.7 Å². The number of carbonyl (C=O) groups is 2. The number of hydrogen-bond acceptors (Lipinski definition) is 4. The minimum absolute atomic E-state index is 0.00797. The minimum Gasteiger partial charge on any atom is -0.303 e. The van der Waals surface area contributed by atoms with Gasteiger partial charge in [-0.05, 0) is 33.6 Å². The lowest BCUT2D eigenvalue weighted by atomic mass is 9.91. The highest BCUT2D eigenvalue weighted by atomic mass is 79.9. The van der Waals surface area contributed by atoms with E-state index in [9.17, 15) is 27.2 Å². The normalized spacial score (nSPS) is 17.0. The fraction of sp³-hybridized carbons (Fsp3) is 0.143. The van der Waals surface area contributed by atoms with Gasteiger partial charge >= 0.3 is 12.1 Å². The van der Waals surface area contributed by atoms with Crippen molar-refractivity contribution in [3.05, 3.63) is 45.8 Å². The molecule has 3 N–H and O–H groups in total. The molecule has 136 valence electrons. The van der Waals surface area contributed by atoms with Crippen LogP contribution in [0.3, 0.4) is 0 Å². The van der Waals surface area contributed by atoms with E-state index in [-0.39, 0.29) is 21.6 Å². The third-order valence-electron chi connectivity index (χ3n) is 3.51. The second kappa shape index (κ2) is 6.52. The van der Waals surface area contributed by atoms with Gasteiger partial charge in [0.25, 0.3) is 5.91 Å². The van der Waals surface area contributed by atoms with Crippen LogP contribution in [-0.4, -0.2) is 33.9 Å². The molecule has 2 amide bonds. The van der Waals surface area contributed by atoms with E-state index in [0.717, 1.165) is 12.3 Å². The van der Waals surface area contributed by atoms with Crippen molar-refractivity contribution in [1.29, 1.82) is 0 Å². The number of H-pyrrole nitrogens is 1. The molecule has 0 radical (unpaired) electrons. The lowest BCUT2D eigenvalue weighted by molar-refractivity contribution is -0.167. The SMILES string of the molecule is O=C1NN=C(c2cn[nH]c2NC(=O)C(F)(F)F)C1c1ccc(F)c(Br)c1. The zero-order valence-electron chi connectivity index (χ0n) is 12.5. The first-order valence-electron chi connectivity index (χ1n) is 6.92. The molecule has 2 heterocycles. The topological polar surface area (TPSA) is 99.2 Å². The lowest BCUT2D eigenvalue weighted by Gasteiger charge is -2.13. The molecular formula is C14H8BrF4N5O2. The zero-order chi connectivity index (χ0) is 19.1. The molecule has 1 aromatic carbocycles. The average Bonchev–Trinajstić information content (AvgIpc) is 3.15. The van der Waals surface area contributed by atoms with Crippen molar-refractivity contribution in [3.8, 4) is 0 Å². The maximum absolute atomic E-state index is 13.4. The van der Waals surface area contributed by atoms with Crippen molar-refractivity contribution in [2.45, 2.75) is 12.1 Å². The van der Waals surface area contributed by atoms with Crippen molar-refractivity contribution < 1.29 is 27.2 Å². The number of hydrazone groups is 1. The number of nitrogens with zero attached hydrogens (tertiary/aromatic N) is 2. The van der Waals surface area contributed by atoms with Crippen molar-refractivity contribution in [2.75, 3.05) is 5.32 Å². The summed E-state index contributed by atoms with van der Waals surface area (Å²) in [6, 6.07) is 3.83. The van der Waals surface area contributed by atoms with Crippen LogP contribution in [0.15, 0.2) is 34.0 Å². The molecule has 1 aromatic heterocycles. The van der Waals surface area contributed by atoms with Crippen molar-refractivity contribution >= 4 is 39.3 Å². The van der Waals surface area contributed by atoms with Crippen LogP contribution in [0.2, 0.25) is 0 Å². The third kappa shape index (κ3) is 3.31. The van der Waals surface area contributed by atoms with Gasteiger partial charge in [0.05, 0.1) is 21.9 Å². The molecule has 1 aliphatic rings. The van der Waals surface area contributed by atoms with E-state index in [0.29, 0.717) is 5.56 Å². The number of amides is 2. The summed E-state index contributed by atoms with van der Waals surface area (Å²) in [4.78, 5) is 23.3. The highest BCUT2D eigenvalue weighted by Crippen LogP contribution is 2.31. The van der Waals surface area contributed by atoms with Gasteiger partial charge in [-0.25, -0.2) is 9.82 Å². The largest absolute Gasteiger partial charge is 0.471 e. The number of hydrogen-bond donors (Lipinski definition) is 3. The van der Waals surface area contributed by atoms with Gasteiger partial charge in [-0.3, -0.25) is 14.7 Å². The number of anilines is 1. The molecule has 1 atom stereocenters. The van der Waals surface area contributed by atoms with Gasteiger partial charge in [-0.2, -0.15) is 23.4 Å². The second-order valence-corrected chi connectivity index (χ2v) is 6.04. The molecule has 0 aliphatic carbocycles. The molecule has 7 nitrogen and oxygen atoms in total. The van der Waals surface area contributed by atoms with Gasteiger partial charge in [0.1, 0.15) is 17.6 Å². The predicted octanol–water partition coefficient (Wildman–Crippen LogP) is 2.43. The Balaban J connectivity index is 1.96. The Hall–Kier alpha value is -2.76. The number of halogens is 5. The summed E-state index contributed by atoms with van der Waals surface area (Å²) in [5.41, 5.74) is 2.58. The van der Waals surface area contributed by atoms with Gasteiger partial charge in [0, 0.05) is 0 Å². The molecule has 0 bridgehead atoms. The van der Waals surface area contributed by atoms with Crippen molar-refractivity contribution in [1.82, 2.24) is 15.6 Å². The van der Waals surface area contributed by atoms with Crippen LogP contribution in [0.1, 0.15) is 17.0 Å². The summed E-state index contributed by atoms with van der Waals surface area (Å²) in [5.74, 6) is -4.71. The molecule has 0 fully saturated rings. The molecule has 2 aromatic rings. The van der Waals surface area contributed by atoms with Crippen LogP contribution in [-0.2, 0) is 9.59 Å². The predicted molar refractivity (Wildman–Crippen MR) is 84.8 cm³/mol. The van der Waals surface area contributed by atoms with E-state index in [1.165, 1.54) is 12.1 Å². The molecule has 0 spiro atoms. The molecule has 12 heteroatoms. The Bertz CT molecular complexity index is 924. The molecule has 0 saturated heterocycles. The number of nitrogens with one attached hydrogen (secondary N) is 3. The summed E-state index contributed by atoms with van der Waals surface area (Å²) in [6.07, 6.45) is -3.98. The zero-order valence-corrected chi connectivity index (χ0v) is 14.1. The first-order chi connectivity index (χ1) is 12.2. The van der Waals surface area contributed by atoms with E-state index >= 15 is 0 Å². The van der Waals surface area contributed by atoms with Gasteiger partial charge < -0.3 is 5.32 Å². The summed E-state index contributed by atoms with van der Waals surface area (Å²) >= 11 is 3.00. The Morgan fingerprint density at radius 2 is 2.04 bits per heavy atom. The summed E-state index contributed by atoms with van der Waals surface area (Å²) in [5, 5.41) is 11.3. The maximum atomic E-state index is 13.4. The highest BCUT2D eigenvalue weighted by molar-refractivity contribution is 9.10. The van der Waals surface area contributed by atoms with Crippen molar-refractivity contribution in [2.24, 2.45) is 5.10 Å². The third-order valence-corrected chi connectivity index (χ3v) is 4.12. The Morgan fingerprint density at radius 3 is 2.69 bits per heavy atom. The molecule has 1 unspecified atom stereocenters. The first-order valence-corrected chi connectivity index (χ1v) is 7.72. The monoisotopic (exact) mass is 433 g/mol. The van der Waals surface area contributed by atoms with E-state index < -0.39 is 29.7 Å². The van der Waals surface area contributed by atoms with Gasteiger partial charge in [0.2, 0.25) is 0 Å².